The summed E-state index contributed by atoms with van der Waals surface area (Å²) in [6.07, 6.45) is 2.58. The summed E-state index contributed by atoms with van der Waals surface area (Å²) in [7, 11) is 0. The summed E-state index contributed by atoms with van der Waals surface area (Å²) < 4.78 is 11.3. The second kappa shape index (κ2) is 5.49. The molecule has 1 aromatic heterocycles. The second-order valence-electron chi connectivity index (χ2n) is 4.46. The number of amides is 1. The zero-order chi connectivity index (χ0) is 14.8. The first-order valence-corrected chi connectivity index (χ1v) is 6.58. The first-order valence-electron chi connectivity index (χ1n) is 6.20. The molecule has 1 amide bonds. The Balaban J connectivity index is 1.68. The van der Waals surface area contributed by atoms with Crippen LogP contribution >= 0.6 is 11.6 Å². The predicted molar refractivity (Wildman–Crippen MR) is 72.6 cm³/mol. The second-order valence-corrected chi connectivity index (χ2v) is 4.86. The van der Waals surface area contributed by atoms with Gasteiger partial charge in [0, 0.05) is 17.3 Å². The third-order valence-electron chi connectivity index (χ3n) is 3.03. The van der Waals surface area contributed by atoms with Crippen LogP contribution in [0.2, 0.25) is 5.02 Å². The van der Waals surface area contributed by atoms with Gasteiger partial charge in [-0.15, -0.1) is 0 Å². The van der Waals surface area contributed by atoms with Gasteiger partial charge in [0.1, 0.15) is 5.02 Å². The zero-order valence-electron chi connectivity index (χ0n) is 10.9. The minimum Gasteiger partial charge on any atom is -0.454 e. The molecule has 2 aromatic rings. The number of nitrogens with zero attached hydrogens (tertiary/aromatic N) is 1. The Bertz CT molecular complexity index is 705. The molecule has 0 saturated heterocycles. The lowest BCUT2D eigenvalue weighted by Crippen LogP contribution is -2.30. The van der Waals surface area contributed by atoms with Gasteiger partial charge in [-0.2, -0.15) is 0 Å². The standard InChI is InChI=1S/C14H11ClN2O4/c15-11-7-17(19)4-3-10(11)14(18)16-6-9-1-2-12-13(5-9)21-8-20-12/h1-5,7H,6,8H2,(H-,16,18,19)/p+1. The predicted octanol–water partition coefficient (Wildman–Crippen LogP) is 1.52. The largest absolute Gasteiger partial charge is 0.454 e. The van der Waals surface area contributed by atoms with Crippen molar-refractivity contribution in [2.45, 2.75) is 6.54 Å². The van der Waals surface area contributed by atoms with E-state index in [-0.39, 0.29) is 17.7 Å². The Labute approximate surface area is 125 Å². The van der Waals surface area contributed by atoms with Gasteiger partial charge < -0.3 is 14.8 Å². The van der Waals surface area contributed by atoms with Crippen LogP contribution in [0.25, 0.3) is 0 Å². The number of rotatable bonds is 3. The highest BCUT2D eigenvalue weighted by Crippen LogP contribution is 2.32. The average Bonchev–Trinajstić information content (AvgIpc) is 2.92. The van der Waals surface area contributed by atoms with Crippen LogP contribution in [0.4, 0.5) is 0 Å². The van der Waals surface area contributed by atoms with Crippen molar-refractivity contribution in [1.82, 2.24) is 5.32 Å². The van der Waals surface area contributed by atoms with E-state index < -0.39 is 0 Å². The smallest absolute Gasteiger partial charge is 0.253 e. The molecule has 1 aromatic carbocycles. The Morgan fingerprint density at radius 1 is 1.33 bits per heavy atom. The van der Waals surface area contributed by atoms with Gasteiger partial charge in [-0.05, 0) is 17.7 Å². The number of benzene rings is 1. The van der Waals surface area contributed by atoms with E-state index in [1.54, 1.807) is 6.07 Å². The van der Waals surface area contributed by atoms with Crippen molar-refractivity contribution in [2.75, 3.05) is 6.79 Å². The molecule has 0 saturated carbocycles. The molecular weight excluding hydrogens is 296 g/mol. The number of nitrogens with one attached hydrogen (secondary N) is 1. The number of hydrogen-bond acceptors (Lipinski definition) is 4. The summed E-state index contributed by atoms with van der Waals surface area (Å²) in [5.74, 6) is 1.04. The molecule has 0 bridgehead atoms. The molecular formula is C14H12ClN2O4+. The molecule has 1 aliphatic heterocycles. The van der Waals surface area contributed by atoms with Crippen molar-refractivity contribution in [3.63, 3.8) is 0 Å². The lowest BCUT2D eigenvalue weighted by Gasteiger charge is -2.06. The molecule has 1 aliphatic rings. The molecule has 0 spiro atoms. The van der Waals surface area contributed by atoms with E-state index in [1.807, 2.05) is 12.1 Å². The Morgan fingerprint density at radius 2 is 2.14 bits per heavy atom. The molecule has 0 unspecified atom stereocenters. The highest BCUT2D eigenvalue weighted by Gasteiger charge is 2.16. The summed E-state index contributed by atoms with van der Waals surface area (Å²) in [5.41, 5.74) is 1.18. The molecule has 21 heavy (non-hydrogen) atoms. The van der Waals surface area contributed by atoms with E-state index in [0.717, 1.165) is 10.3 Å². The van der Waals surface area contributed by atoms with Crippen LogP contribution < -0.4 is 19.5 Å². The summed E-state index contributed by atoms with van der Waals surface area (Å²) >= 11 is 5.90. The highest BCUT2D eigenvalue weighted by molar-refractivity contribution is 6.33. The third-order valence-corrected chi connectivity index (χ3v) is 3.33. The number of halogens is 1. The summed E-state index contributed by atoms with van der Waals surface area (Å²) in [6.45, 7) is 0.547. The molecule has 0 fully saturated rings. The number of aromatic nitrogens is 1. The van der Waals surface area contributed by atoms with Crippen LogP contribution in [0, 0.1) is 0 Å². The Hall–Kier alpha value is -2.47. The fourth-order valence-corrected chi connectivity index (χ4v) is 2.22. The Morgan fingerprint density at radius 3 is 2.95 bits per heavy atom. The van der Waals surface area contributed by atoms with Gasteiger partial charge in [-0.3, -0.25) is 10.0 Å². The van der Waals surface area contributed by atoms with E-state index in [2.05, 4.69) is 5.32 Å². The summed E-state index contributed by atoms with van der Waals surface area (Å²) in [4.78, 5) is 12.0. The first-order chi connectivity index (χ1) is 10.1. The topological polar surface area (TPSA) is 71.7 Å². The van der Waals surface area contributed by atoms with Crippen LogP contribution in [-0.4, -0.2) is 17.9 Å². The first kappa shape index (κ1) is 13.5. The summed E-state index contributed by atoms with van der Waals surface area (Å²) in [5, 5.41) is 12.1. The van der Waals surface area contributed by atoms with Crippen LogP contribution in [0.1, 0.15) is 15.9 Å². The maximum absolute atomic E-state index is 12.0. The fraction of sp³-hybridized carbons (Fsp3) is 0.143. The van der Waals surface area contributed by atoms with Crippen LogP contribution in [0.3, 0.4) is 0 Å². The maximum atomic E-state index is 12.0. The number of ether oxygens (including phenoxy) is 2. The van der Waals surface area contributed by atoms with Crippen LogP contribution in [0.15, 0.2) is 36.7 Å². The number of pyridine rings is 1. The van der Waals surface area contributed by atoms with E-state index in [4.69, 9.17) is 21.1 Å². The van der Waals surface area contributed by atoms with Crippen molar-refractivity contribution in [3.8, 4) is 11.5 Å². The number of carbonyl (C=O) groups is 1. The van der Waals surface area contributed by atoms with Crippen molar-refractivity contribution in [3.05, 3.63) is 52.8 Å². The van der Waals surface area contributed by atoms with Crippen molar-refractivity contribution in [1.29, 1.82) is 0 Å². The minimum atomic E-state index is -0.321. The van der Waals surface area contributed by atoms with Crippen molar-refractivity contribution < 1.29 is 24.2 Å². The molecule has 6 nitrogen and oxygen atoms in total. The Kier molecular flexibility index (Phi) is 3.53. The fourth-order valence-electron chi connectivity index (χ4n) is 1.97. The number of carbonyl (C=O) groups excluding carboxylic acids is 1. The number of fused-ring (bicyclic) bond motifs is 1. The summed E-state index contributed by atoms with van der Waals surface area (Å²) in [6, 6.07) is 6.91. The van der Waals surface area contributed by atoms with Gasteiger partial charge >= 0.3 is 0 Å². The van der Waals surface area contributed by atoms with Gasteiger partial charge in [-0.25, -0.2) is 0 Å². The molecule has 108 valence electrons. The monoisotopic (exact) mass is 307 g/mol. The van der Waals surface area contributed by atoms with Gasteiger partial charge in [0.25, 0.3) is 5.91 Å². The van der Waals surface area contributed by atoms with Crippen LogP contribution in [-0.2, 0) is 6.54 Å². The van der Waals surface area contributed by atoms with Gasteiger partial charge in [-0.1, -0.05) is 17.7 Å². The third kappa shape index (κ3) is 2.85. The maximum Gasteiger partial charge on any atom is 0.253 e. The zero-order valence-corrected chi connectivity index (χ0v) is 11.6. The highest BCUT2D eigenvalue weighted by atomic mass is 35.5. The minimum absolute atomic E-state index is 0.170. The molecule has 0 atom stereocenters. The molecule has 0 radical (unpaired) electrons. The van der Waals surface area contributed by atoms with E-state index in [9.17, 15) is 10.0 Å². The molecule has 0 aliphatic carbocycles. The van der Waals surface area contributed by atoms with E-state index >= 15 is 0 Å². The normalized spacial score (nSPS) is 12.2. The molecule has 7 heteroatoms. The van der Waals surface area contributed by atoms with Gasteiger partial charge in [0.2, 0.25) is 19.2 Å². The SMILES string of the molecule is O=C(NCc1ccc2c(c1)OCO2)c1cc[n+](O)cc1Cl. The van der Waals surface area contributed by atoms with E-state index in [0.29, 0.717) is 23.6 Å². The average molecular weight is 308 g/mol. The van der Waals surface area contributed by atoms with Gasteiger partial charge in [0.05, 0.1) is 5.56 Å². The lowest BCUT2D eigenvalue weighted by molar-refractivity contribution is -0.904. The molecule has 2 N–H and O–H groups in total. The van der Waals surface area contributed by atoms with Crippen molar-refractivity contribution in [2.24, 2.45) is 0 Å². The molecule has 3 rings (SSSR count). The molecule has 2 heterocycles. The van der Waals surface area contributed by atoms with Gasteiger partial charge in [0.15, 0.2) is 11.5 Å². The lowest BCUT2D eigenvalue weighted by atomic mass is 10.2. The van der Waals surface area contributed by atoms with Crippen LogP contribution in [0.5, 0.6) is 11.5 Å². The quantitative estimate of drug-likeness (QED) is 0.666. The number of hydrogen-bond donors (Lipinski definition) is 2. The van der Waals surface area contributed by atoms with E-state index in [1.165, 1.54) is 18.5 Å². The van der Waals surface area contributed by atoms with Crippen molar-refractivity contribution >= 4 is 17.5 Å².